The second-order valence-electron chi connectivity index (χ2n) is 4.11. The summed E-state index contributed by atoms with van der Waals surface area (Å²) in [4.78, 5) is 0. The van der Waals surface area contributed by atoms with E-state index in [1.54, 1.807) is 13.2 Å². The quantitative estimate of drug-likeness (QED) is 0.605. The van der Waals surface area contributed by atoms with Crippen molar-refractivity contribution in [1.82, 2.24) is 5.32 Å². The molecule has 0 aromatic heterocycles. The first kappa shape index (κ1) is 14.7. The number of hydrogen-bond donors (Lipinski definition) is 3. The fraction of sp³-hybridized carbons (Fsp3) is 0.429. The molecule has 18 heavy (non-hydrogen) atoms. The van der Waals surface area contributed by atoms with E-state index in [4.69, 9.17) is 9.84 Å². The molecule has 1 aromatic rings. The molecule has 0 unspecified atom stereocenters. The van der Waals surface area contributed by atoms with Crippen molar-refractivity contribution in [1.29, 1.82) is 0 Å². The van der Waals surface area contributed by atoms with Crippen LogP contribution in [-0.2, 0) is 6.54 Å². The molecule has 4 heteroatoms. The Bertz CT molecular complexity index is 351. The van der Waals surface area contributed by atoms with Gasteiger partial charge in [-0.05, 0) is 24.1 Å². The highest BCUT2D eigenvalue weighted by Crippen LogP contribution is 2.11. The Morgan fingerprint density at radius 3 is 2.56 bits per heavy atom. The summed E-state index contributed by atoms with van der Waals surface area (Å²) in [6.45, 7) is 4.01. The van der Waals surface area contributed by atoms with Crippen LogP contribution in [0.4, 0.5) is 0 Å². The van der Waals surface area contributed by atoms with Crippen molar-refractivity contribution >= 4 is 0 Å². The molecule has 0 aliphatic rings. The van der Waals surface area contributed by atoms with Crippen LogP contribution in [-0.4, -0.2) is 36.1 Å². The van der Waals surface area contributed by atoms with Gasteiger partial charge in [-0.1, -0.05) is 18.2 Å². The van der Waals surface area contributed by atoms with Gasteiger partial charge in [-0.25, -0.2) is 0 Å². The summed E-state index contributed by atoms with van der Waals surface area (Å²) in [6.07, 6.45) is 1.56. The molecule has 1 rings (SSSR count). The number of aliphatic hydroxyl groups excluding tert-OH is 2. The second-order valence-corrected chi connectivity index (χ2v) is 4.11. The average Bonchev–Trinajstić information content (AvgIpc) is 2.43. The van der Waals surface area contributed by atoms with Crippen LogP contribution >= 0.6 is 0 Å². The van der Waals surface area contributed by atoms with Gasteiger partial charge in [0.25, 0.3) is 0 Å². The molecule has 0 radical (unpaired) electrons. The largest absolute Gasteiger partial charge is 0.497 e. The Labute approximate surface area is 108 Å². The van der Waals surface area contributed by atoms with Crippen molar-refractivity contribution in [3.05, 3.63) is 42.5 Å². The molecule has 0 aliphatic heterocycles. The monoisotopic (exact) mass is 251 g/mol. The molecule has 0 spiro atoms. The van der Waals surface area contributed by atoms with Crippen LogP contribution in [0.3, 0.4) is 0 Å². The highest BCUT2D eigenvalue weighted by molar-refractivity contribution is 5.27. The van der Waals surface area contributed by atoms with E-state index in [2.05, 4.69) is 11.9 Å². The van der Waals surface area contributed by atoms with Gasteiger partial charge in [0.15, 0.2) is 0 Å². The summed E-state index contributed by atoms with van der Waals surface area (Å²) in [5.74, 6) is 0.816. The minimum Gasteiger partial charge on any atom is -0.497 e. The first-order valence-electron chi connectivity index (χ1n) is 5.97. The summed E-state index contributed by atoms with van der Waals surface area (Å²) in [6, 6.07) is 7.52. The Morgan fingerprint density at radius 1 is 1.39 bits per heavy atom. The van der Waals surface area contributed by atoms with E-state index in [9.17, 15) is 5.11 Å². The number of rotatable bonds is 8. The molecule has 1 aromatic carbocycles. The van der Waals surface area contributed by atoms with Crippen LogP contribution < -0.4 is 10.1 Å². The van der Waals surface area contributed by atoms with E-state index in [1.807, 2.05) is 24.3 Å². The van der Waals surface area contributed by atoms with Gasteiger partial charge < -0.3 is 20.3 Å². The van der Waals surface area contributed by atoms with E-state index < -0.39 is 6.10 Å². The second kappa shape index (κ2) is 7.87. The lowest BCUT2D eigenvalue weighted by molar-refractivity contribution is 0.0629. The van der Waals surface area contributed by atoms with Gasteiger partial charge in [0.05, 0.1) is 19.8 Å². The van der Waals surface area contributed by atoms with Gasteiger partial charge in [-0.15, -0.1) is 6.58 Å². The molecule has 0 saturated carbocycles. The van der Waals surface area contributed by atoms with E-state index in [1.165, 1.54) is 0 Å². The van der Waals surface area contributed by atoms with Crippen LogP contribution in [0.15, 0.2) is 36.9 Å². The van der Waals surface area contributed by atoms with E-state index >= 15 is 0 Å². The van der Waals surface area contributed by atoms with Crippen molar-refractivity contribution in [2.45, 2.75) is 25.1 Å². The average molecular weight is 251 g/mol. The normalized spacial score (nSPS) is 13.9. The fourth-order valence-electron chi connectivity index (χ4n) is 1.68. The first-order valence-corrected chi connectivity index (χ1v) is 5.97. The zero-order chi connectivity index (χ0) is 13.4. The van der Waals surface area contributed by atoms with Gasteiger partial charge >= 0.3 is 0 Å². The maximum atomic E-state index is 9.63. The van der Waals surface area contributed by atoms with Crippen molar-refractivity contribution in [2.75, 3.05) is 13.7 Å². The van der Waals surface area contributed by atoms with E-state index in [0.29, 0.717) is 13.0 Å². The zero-order valence-corrected chi connectivity index (χ0v) is 10.7. The highest BCUT2D eigenvalue weighted by atomic mass is 16.5. The van der Waals surface area contributed by atoms with Gasteiger partial charge in [0.1, 0.15) is 5.75 Å². The van der Waals surface area contributed by atoms with Gasteiger partial charge in [-0.2, -0.15) is 0 Å². The number of benzene rings is 1. The maximum Gasteiger partial charge on any atom is 0.118 e. The topological polar surface area (TPSA) is 61.7 Å². The van der Waals surface area contributed by atoms with Crippen LogP contribution in [0, 0.1) is 0 Å². The molecule has 3 N–H and O–H groups in total. The fourth-order valence-corrected chi connectivity index (χ4v) is 1.68. The minimum absolute atomic E-state index is 0.186. The molecule has 0 heterocycles. The van der Waals surface area contributed by atoms with Crippen molar-refractivity contribution < 1.29 is 14.9 Å². The predicted molar refractivity (Wildman–Crippen MR) is 71.5 cm³/mol. The Kier molecular flexibility index (Phi) is 6.43. The number of nitrogens with one attached hydrogen (secondary N) is 1. The molecule has 0 aliphatic carbocycles. The van der Waals surface area contributed by atoms with Crippen LogP contribution in [0.2, 0.25) is 0 Å². The molecule has 4 nitrogen and oxygen atoms in total. The molecule has 0 bridgehead atoms. The van der Waals surface area contributed by atoms with Crippen LogP contribution in [0.25, 0.3) is 0 Å². The Balaban J connectivity index is 2.52. The third kappa shape index (κ3) is 4.49. The first-order chi connectivity index (χ1) is 8.71. The van der Waals surface area contributed by atoms with Crippen LogP contribution in [0.5, 0.6) is 5.75 Å². The predicted octanol–water partition coefficient (Wildman–Crippen LogP) is 1.08. The third-order valence-corrected chi connectivity index (χ3v) is 2.80. The summed E-state index contributed by atoms with van der Waals surface area (Å²) in [5.41, 5.74) is 1.09. The molecule has 0 amide bonds. The smallest absolute Gasteiger partial charge is 0.118 e. The SMILES string of the molecule is C=CC[C@H](NCc1ccc(OC)cc1)[C@H](O)CO. The lowest BCUT2D eigenvalue weighted by Crippen LogP contribution is -2.41. The molecular formula is C14H21NO3. The van der Waals surface area contributed by atoms with Crippen molar-refractivity contribution in [3.63, 3.8) is 0 Å². The molecule has 2 atom stereocenters. The maximum absolute atomic E-state index is 9.63. The number of hydrogen-bond acceptors (Lipinski definition) is 4. The molecule has 0 saturated heterocycles. The molecule has 0 fully saturated rings. The highest BCUT2D eigenvalue weighted by Gasteiger charge is 2.16. The number of methoxy groups -OCH3 is 1. The van der Waals surface area contributed by atoms with Gasteiger partial charge in [-0.3, -0.25) is 0 Å². The van der Waals surface area contributed by atoms with Crippen LogP contribution in [0.1, 0.15) is 12.0 Å². The Hall–Kier alpha value is -1.36. The van der Waals surface area contributed by atoms with Crippen molar-refractivity contribution in [3.8, 4) is 5.75 Å². The van der Waals surface area contributed by atoms with Gasteiger partial charge in [0.2, 0.25) is 0 Å². The third-order valence-electron chi connectivity index (χ3n) is 2.80. The summed E-state index contributed by atoms with van der Waals surface area (Å²) in [5, 5.41) is 21.8. The summed E-state index contributed by atoms with van der Waals surface area (Å²) < 4.78 is 5.08. The molecule has 100 valence electrons. The summed E-state index contributed by atoms with van der Waals surface area (Å²) >= 11 is 0. The number of ether oxygens (including phenoxy) is 1. The van der Waals surface area contributed by atoms with Crippen molar-refractivity contribution in [2.24, 2.45) is 0 Å². The lowest BCUT2D eigenvalue weighted by atomic mass is 10.1. The Morgan fingerprint density at radius 2 is 2.06 bits per heavy atom. The van der Waals surface area contributed by atoms with E-state index in [-0.39, 0.29) is 12.6 Å². The standard InChI is InChI=1S/C14H21NO3/c1-3-4-13(14(17)10-16)15-9-11-5-7-12(18-2)8-6-11/h3,5-8,13-17H,1,4,9-10H2,2H3/t13-,14+/m0/s1. The van der Waals surface area contributed by atoms with E-state index in [0.717, 1.165) is 11.3 Å². The molecular weight excluding hydrogens is 230 g/mol. The number of aliphatic hydroxyl groups is 2. The lowest BCUT2D eigenvalue weighted by Gasteiger charge is -2.21. The van der Waals surface area contributed by atoms with Gasteiger partial charge in [0, 0.05) is 12.6 Å². The minimum atomic E-state index is -0.777. The zero-order valence-electron chi connectivity index (χ0n) is 10.7. The summed E-state index contributed by atoms with van der Waals surface area (Å²) in [7, 11) is 1.63.